The van der Waals surface area contributed by atoms with Crippen LogP contribution in [0.1, 0.15) is 44.6 Å². The van der Waals surface area contributed by atoms with Gasteiger partial charge in [0.1, 0.15) is 0 Å². The molecule has 0 saturated heterocycles. The lowest BCUT2D eigenvalue weighted by Gasteiger charge is -2.45. The predicted molar refractivity (Wildman–Crippen MR) is 78.9 cm³/mol. The molecule has 2 bridgehead atoms. The minimum absolute atomic E-state index is 0.395. The molecule has 2 heteroatoms. The number of aliphatic hydroxyl groups is 1. The first-order valence-corrected chi connectivity index (χ1v) is 7.81. The van der Waals surface area contributed by atoms with Crippen LogP contribution < -0.4 is 0 Å². The Balaban J connectivity index is 1.93. The second kappa shape index (κ2) is 4.90. The topological polar surface area (TPSA) is 44.0 Å². The third kappa shape index (κ3) is 1.88. The smallest absolute Gasteiger partial charge is 0.0894 e. The molecule has 1 aromatic rings. The molecule has 2 fully saturated rings. The van der Waals surface area contributed by atoms with Crippen molar-refractivity contribution in [3.63, 3.8) is 0 Å². The molecule has 0 aliphatic heterocycles. The average molecular weight is 269 g/mol. The molecule has 0 radical (unpaired) electrons. The third-order valence-electron chi connectivity index (χ3n) is 5.80. The fourth-order valence-electron chi connectivity index (χ4n) is 4.67. The maximum Gasteiger partial charge on any atom is 0.0894 e. The van der Waals surface area contributed by atoms with E-state index in [4.69, 9.17) is 0 Å². The van der Waals surface area contributed by atoms with Gasteiger partial charge in [0.25, 0.3) is 0 Å². The van der Waals surface area contributed by atoms with Crippen LogP contribution in [0.15, 0.2) is 30.3 Å². The van der Waals surface area contributed by atoms with Gasteiger partial charge in [-0.25, -0.2) is 0 Å². The van der Waals surface area contributed by atoms with Crippen LogP contribution in [0.25, 0.3) is 0 Å². The number of hydrogen-bond acceptors (Lipinski definition) is 2. The first-order chi connectivity index (χ1) is 9.63. The van der Waals surface area contributed by atoms with Gasteiger partial charge in [0.2, 0.25) is 0 Å². The Bertz CT molecular complexity index is 520. The van der Waals surface area contributed by atoms with E-state index in [0.717, 1.165) is 24.8 Å². The highest BCUT2D eigenvalue weighted by Gasteiger charge is 2.61. The fourth-order valence-corrected chi connectivity index (χ4v) is 4.67. The van der Waals surface area contributed by atoms with Crippen molar-refractivity contribution in [2.45, 2.75) is 51.0 Å². The quantitative estimate of drug-likeness (QED) is 0.905. The lowest BCUT2D eigenvalue weighted by Crippen LogP contribution is -2.51. The van der Waals surface area contributed by atoms with Gasteiger partial charge in [-0.05, 0) is 43.1 Å². The van der Waals surface area contributed by atoms with E-state index in [9.17, 15) is 10.4 Å². The van der Waals surface area contributed by atoms with Gasteiger partial charge in [0.05, 0.1) is 17.1 Å². The summed E-state index contributed by atoms with van der Waals surface area (Å²) in [5.74, 6) is 1.06. The summed E-state index contributed by atoms with van der Waals surface area (Å²) in [5, 5.41) is 21.2. The minimum Gasteiger partial charge on any atom is -0.388 e. The van der Waals surface area contributed by atoms with Crippen molar-refractivity contribution in [3.05, 3.63) is 35.9 Å². The number of nitrogens with zero attached hydrogens (tertiary/aromatic N) is 1. The Morgan fingerprint density at radius 2 is 2.10 bits per heavy atom. The molecule has 2 nitrogen and oxygen atoms in total. The van der Waals surface area contributed by atoms with Gasteiger partial charge in [0, 0.05) is 6.42 Å². The standard InChI is InChI=1S/C18H23NO/c1-2-18(20,12-14-6-4-3-5-7-14)17(13-19)11-15-8-9-16(17)10-15/h3-7,15-16,20H,2,8-12H2,1H3. The van der Waals surface area contributed by atoms with Crippen LogP contribution in [-0.2, 0) is 6.42 Å². The summed E-state index contributed by atoms with van der Waals surface area (Å²) in [6, 6.07) is 12.7. The van der Waals surface area contributed by atoms with Crippen LogP contribution in [0.2, 0.25) is 0 Å². The molecule has 0 amide bonds. The normalized spacial score (nSPS) is 34.6. The molecular weight excluding hydrogens is 246 g/mol. The summed E-state index contributed by atoms with van der Waals surface area (Å²) >= 11 is 0. The molecule has 106 valence electrons. The van der Waals surface area contributed by atoms with Gasteiger partial charge >= 0.3 is 0 Å². The third-order valence-corrected chi connectivity index (χ3v) is 5.80. The van der Waals surface area contributed by atoms with Crippen molar-refractivity contribution in [1.82, 2.24) is 0 Å². The summed E-state index contributed by atoms with van der Waals surface area (Å²) in [6.45, 7) is 2.02. The maximum absolute atomic E-state index is 11.3. The number of hydrogen-bond donors (Lipinski definition) is 1. The van der Waals surface area contributed by atoms with Gasteiger partial charge in [-0.15, -0.1) is 0 Å². The monoisotopic (exact) mass is 269 g/mol. The SMILES string of the molecule is CCC(O)(Cc1ccccc1)C1(C#N)CC2CCC1C2. The van der Waals surface area contributed by atoms with Gasteiger partial charge < -0.3 is 5.11 Å². The van der Waals surface area contributed by atoms with Crippen molar-refractivity contribution in [3.8, 4) is 6.07 Å². The second-order valence-corrected chi connectivity index (χ2v) is 6.71. The summed E-state index contributed by atoms with van der Waals surface area (Å²) in [7, 11) is 0. The molecule has 0 spiro atoms. The molecule has 1 aromatic carbocycles. The summed E-state index contributed by atoms with van der Waals surface area (Å²) in [6.07, 6.45) is 5.66. The zero-order valence-corrected chi connectivity index (χ0v) is 12.2. The van der Waals surface area contributed by atoms with Gasteiger partial charge in [-0.3, -0.25) is 0 Å². The largest absolute Gasteiger partial charge is 0.388 e. The van der Waals surface area contributed by atoms with Crippen molar-refractivity contribution in [2.24, 2.45) is 17.3 Å². The Morgan fingerprint density at radius 1 is 1.35 bits per heavy atom. The molecule has 0 aromatic heterocycles. The molecule has 2 saturated carbocycles. The first-order valence-electron chi connectivity index (χ1n) is 7.81. The second-order valence-electron chi connectivity index (χ2n) is 6.71. The predicted octanol–water partition coefficient (Wildman–Crippen LogP) is 3.70. The summed E-state index contributed by atoms with van der Waals surface area (Å²) in [4.78, 5) is 0. The van der Waals surface area contributed by atoms with Crippen molar-refractivity contribution in [2.75, 3.05) is 0 Å². The maximum atomic E-state index is 11.3. The molecule has 20 heavy (non-hydrogen) atoms. The Hall–Kier alpha value is -1.33. The van der Waals surface area contributed by atoms with Gasteiger partial charge in [-0.1, -0.05) is 43.7 Å². The molecule has 0 heterocycles. The van der Waals surface area contributed by atoms with Gasteiger partial charge in [-0.2, -0.15) is 5.26 Å². The van der Waals surface area contributed by atoms with Crippen LogP contribution in [0.5, 0.6) is 0 Å². The van der Waals surface area contributed by atoms with E-state index in [1.807, 2.05) is 25.1 Å². The van der Waals surface area contributed by atoms with Crippen molar-refractivity contribution in [1.29, 1.82) is 5.26 Å². The van der Waals surface area contributed by atoms with E-state index in [0.29, 0.717) is 24.7 Å². The van der Waals surface area contributed by atoms with E-state index >= 15 is 0 Å². The van der Waals surface area contributed by atoms with E-state index in [1.165, 1.54) is 6.42 Å². The van der Waals surface area contributed by atoms with E-state index in [-0.39, 0.29) is 0 Å². The zero-order chi connectivity index (χ0) is 14.2. The number of rotatable bonds is 4. The van der Waals surface area contributed by atoms with Crippen LogP contribution in [0.4, 0.5) is 0 Å². The van der Waals surface area contributed by atoms with Crippen LogP contribution in [-0.4, -0.2) is 10.7 Å². The number of nitriles is 1. The Labute approximate surface area is 121 Å². The number of benzene rings is 1. The van der Waals surface area contributed by atoms with Crippen LogP contribution in [0.3, 0.4) is 0 Å². The van der Waals surface area contributed by atoms with Crippen molar-refractivity contribution >= 4 is 0 Å². The Morgan fingerprint density at radius 3 is 2.60 bits per heavy atom. The van der Waals surface area contributed by atoms with Crippen LogP contribution >= 0.6 is 0 Å². The average Bonchev–Trinajstić information content (AvgIpc) is 3.09. The lowest BCUT2D eigenvalue weighted by molar-refractivity contribution is -0.0843. The molecule has 4 unspecified atom stereocenters. The highest BCUT2D eigenvalue weighted by Crippen LogP contribution is 2.61. The molecule has 2 aliphatic rings. The first kappa shape index (κ1) is 13.6. The minimum atomic E-state index is -0.886. The van der Waals surface area contributed by atoms with Crippen molar-refractivity contribution < 1.29 is 5.11 Å². The molecule has 3 rings (SSSR count). The molecular formula is C18H23NO. The fraction of sp³-hybridized carbons (Fsp3) is 0.611. The summed E-state index contributed by atoms with van der Waals surface area (Å²) < 4.78 is 0. The highest BCUT2D eigenvalue weighted by molar-refractivity contribution is 5.25. The van der Waals surface area contributed by atoms with E-state index in [2.05, 4.69) is 18.2 Å². The van der Waals surface area contributed by atoms with E-state index < -0.39 is 11.0 Å². The summed E-state index contributed by atoms with van der Waals surface area (Å²) in [5.41, 5.74) is -0.280. The highest BCUT2D eigenvalue weighted by atomic mass is 16.3. The lowest BCUT2D eigenvalue weighted by atomic mass is 9.60. The number of fused-ring (bicyclic) bond motifs is 2. The molecule has 2 aliphatic carbocycles. The van der Waals surface area contributed by atoms with Crippen LogP contribution in [0, 0.1) is 28.6 Å². The van der Waals surface area contributed by atoms with E-state index in [1.54, 1.807) is 0 Å². The molecule has 4 atom stereocenters. The van der Waals surface area contributed by atoms with Gasteiger partial charge in [0.15, 0.2) is 0 Å². The Kier molecular flexibility index (Phi) is 3.34. The zero-order valence-electron chi connectivity index (χ0n) is 12.2. The molecule has 1 N–H and O–H groups in total.